The number of aryl methyl sites for hydroxylation is 2. The highest BCUT2D eigenvalue weighted by molar-refractivity contribution is 5.85. The van der Waals surface area contributed by atoms with Crippen LogP contribution in [0.4, 0.5) is 0 Å². The number of rotatable bonds is 12. The number of nitriles is 1. The van der Waals surface area contributed by atoms with Gasteiger partial charge < -0.3 is 4.74 Å². The highest BCUT2D eigenvalue weighted by Crippen LogP contribution is 2.41. The first-order chi connectivity index (χ1) is 17.0. The van der Waals surface area contributed by atoms with Gasteiger partial charge in [-0.1, -0.05) is 96.0 Å². The fourth-order valence-electron chi connectivity index (χ4n) is 5.25. The van der Waals surface area contributed by atoms with Gasteiger partial charge in [0.15, 0.2) is 0 Å². The van der Waals surface area contributed by atoms with Crippen molar-refractivity contribution >= 4 is 5.97 Å². The molecule has 1 aliphatic carbocycles. The van der Waals surface area contributed by atoms with Crippen LogP contribution >= 0.6 is 0 Å². The third kappa shape index (κ3) is 7.44. The SMILES string of the molecule is CCCCCCCc1ccc(C2(C(=O)Oc3ccc(CCC(C)C)cc3C#N)CCCCC2)cc1. The molecule has 0 aromatic heterocycles. The number of nitrogens with zero attached hydrogens (tertiary/aromatic N) is 1. The van der Waals surface area contributed by atoms with Crippen LogP contribution in [-0.2, 0) is 23.1 Å². The van der Waals surface area contributed by atoms with Crippen LogP contribution in [0.5, 0.6) is 5.75 Å². The highest BCUT2D eigenvalue weighted by atomic mass is 16.5. The minimum absolute atomic E-state index is 0.212. The van der Waals surface area contributed by atoms with Gasteiger partial charge in [0.25, 0.3) is 0 Å². The van der Waals surface area contributed by atoms with E-state index in [4.69, 9.17) is 4.74 Å². The van der Waals surface area contributed by atoms with Gasteiger partial charge in [0.1, 0.15) is 11.8 Å². The molecule has 35 heavy (non-hydrogen) atoms. The number of unbranched alkanes of at least 4 members (excludes halogenated alkanes) is 4. The number of ether oxygens (including phenoxy) is 1. The summed E-state index contributed by atoms with van der Waals surface area (Å²) < 4.78 is 5.99. The number of carbonyl (C=O) groups excluding carboxylic acids is 1. The number of benzene rings is 2. The van der Waals surface area contributed by atoms with Gasteiger partial charge in [0.2, 0.25) is 0 Å². The summed E-state index contributed by atoms with van der Waals surface area (Å²) >= 11 is 0. The smallest absolute Gasteiger partial charge is 0.321 e. The lowest BCUT2D eigenvalue weighted by molar-refractivity contribution is -0.142. The Hall–Kier alpha value is -2.60. The van der Waals surface area contributed by atoms with Crippen LogP contribution in [-0.4, -0.2) is 5.97 Å². The Balaban J connectivity index is 1.74. The van der Waals surface area contributed by atoms with Crippen LogP contribution < -0.4 is 4.74 Å². The molecule has 3 heteroatoms. The van der Waals surface area contributed by atoms with Crippen molar-refractivity contribution in [3.8, 4) is 11.8 Å². The Morgan fingerprint density at radius 1 is 0.943 bits per heavy atom. The summed E-state index contributed by atoms with van der Waals surface area (Å²) in [6.07, 6.45) is 14.3. The zero-order valence-corrected chi connectivity index (χ0v) is 22.1. The fraction of sp³-hybridized carbons (Fsp3) is 0.562. The molecule has 0 bridgehead atoms. The van der Waals surface area contributed by atoms with Gasteiger partial charge in [-0.25, -0.2) is 0 Å². The Morgan fingerprint density at radius 3 is 2.29 bits per heavy atom. The quantitative estimate of drug-likeness (QED) is 0.176. The van der Waals surface area contributed by atoms with Crippen molar-refractivity contribution in [2.45, 2.75) is 110 Å². The first-order valence-corrected chi connectivity index (χ1v) is 13.8. The molecule has 1 saturated carbocycles. The lowest BCUT2D eigenvalue weighted by atomic mass is 9.69. The van der Waals surface area contributed by atoms with E-state index in [0.29, 0.717) is 17.2 Å². The molecule has 0 saturated heterocycles. The molecule has 2 aromatic rings. The van der Waals surface area contributed by atoms with Gasteiger partial charge in [-0.3, -0.25) is 4.79 Å². The minimum Gasteiger partial charge on any atom is -0.424 e. The average molecular weight is 474 g/mol. The molecule has 0 N–H and O–H groups in total. The van der Waals surface area contributed by atoms with Crippen molar-refractivity contribution < 1.29 is 9.53 Å². The van der Waals surface area contributed by atoms with Gasteiger partial charge in [-0.2, -0.15) is 5.26 Å². The van der Waals surface area contributed by atoms with E-state index in [1.807, 2.05) is 18.2 Å². The number of carbonyl (C=O) groups is 1. The molecular formula is C32H43NO2. The summed E-state index contributed by atoms with van der Waals surface area (Å²) in [4.78, 5) is 13.7. The van der Waals surface area contributed by atoms with Crippen molar-refractivity contribution in [1.29, 1.82) is 5.26 Å². The van der Waals surface area contributed by atoms with Crippen LogP contribution in [0.1, 0.15) is 114 Å². The van der Waals surface area contributed by atoms with Crippen molar-refractivity contribution in [3.63, 3.8) is 0 Å². The lowest BCUT2D eigenvalue weighted by Crippen LogP contribution is -2.41. The Bertz CT molecular complexity index is 978. The molecule has 1 aliphatic rings. The Labute approximate surface area is 212 Å². The van der Waals surface area contributed by atoms with Crippen LogP contribution in [0.15, 0.2) is 42.5 Å². The molecule has 2 aromatic carbocycles. The first kappa shape index (κ1) is 27.0. The van der Waals surface area contributed by atoms with Gasteiger partial charge in [-0.15, -0.1) is 0 Å². The largest absolute Gasteiger partial charge is 0.424 e. The molecular weight excluding hydrogens is 430 g/mol. The maximum absolute atomic E-state index is 13.7. The molecule has 0 radical (unpaired) electrons. The van der Waals surface area contributed by atoms with E-state index in [1.165, 1.54) is 37.7 Å². The third-order valence-corrected chi connectivity index (χ3v) is 7.55. The van der Waals surface area contributed by atoms with Gasteiger partial charge in [0, 0.05) is 0 Å². The van der Waals surface area contributed by atoms with Crippen LogP contribution in [0.2, 0.25) is 0 Å². The second kappa shape index (κ2) is 13.5. The predicted octanol–water partition coefficient (Wildman–Crippen LogP) is 8.47. The Kier molecular flexibility index (Phi) is 10.4. The summed E-state index contributed by atoms with van der Waals surface area (Å²) in [7, 11) is 0. The third-order valence-electron chi connectivity index (χ3n) is 7.55. The maximum Gasteiger partial charge on any atom is 0.321 e. The fourth-order valence-corrected chi connectivity index (χ4v) is 5.25. The number of hydrogen-bond donors (Lipinski definition) is 0. The minimum atomic E-state index is -0.624. The van der Waals surface area contributed by atoms with E-state index in [1.54, 1.807) is 0 Å². The number of esters is 1. The van der Waals surface area contributed by atoms with Crippen molar-refractivity contribution in [1.82, 2.24) is 0 Å². The number of hydrogen-bond acceptors (Lipinski definition) is 3. The molecule has 0 heterocycles. The van der Waals surface area contributed by atoms with Crippen molar-refractivity contribution in [2.75, 3.05) is 0 Å². The summed E-state index contributed by atoms with van der Waals surface area (Å²) in [6.45, 7) is 6.64. The summed E-state index contributed by atoms with van der Waals surface area (Å²) in [5.41, 5.74) is 3.34. The highest BCUT2D eigenvalue weighted by Gasteiger charge is 2.43. The van der Waals surface area contributed by atoms with Gasteiger partial charge >= 0.3 is 5.97 Å². The summed E-state index contributed by atoms with van der Waals surface area (Å²) in [5.74, 6) is 0.784. The van der Waals surface area contributed by atoms with E-state index < -0.39 is 5.41 Å². The second-order valence-corrected chi connectivity index (χ2v) is 10.8. The second-order valence-electron chi connectivity index (χ2n) is 10.8. The lowest BCUT2D eigenvalue weighted by Gasteiger charge is -2.35. The van der Waals surface area contributed by atoms with Crippen LogP contribution in [0.25, 0.3) is 0 Å². The summed E-state index contributed by atoms with van der Waals surface area (Å²) in [6, 6.07) is 16.6. The maximum atomic E-state index is 13.7. The molecule has 0 unspecified atom stereocenters. The van der Waals surface area contributed by atoms with E-state index in [0.717, 1.165) is 62.5 Å². The van der Waals surface area contributed by atoms with E-state index in [-0.39, 0.29) is 5.97 Å². The molecule has 0 spiro atoms. The van der Waals surface area contributed by atoms with Crippen LogP contribution in [0.3, 0.4) is 0 Å². The molecule has 3 nitrogen and oxygen atoms in total. The normalized spacial score (nSPS) is 15.1. The van der Waals surface area contributed by atoms with E-state index >= 15 is 0 Å². The van der Waals surface area contributed by atoms with Crippen LogP contribution in [0, 0.1) is 17.2 Å². The molecule has 3 rings (SSSR count). The topological polar surface area (TPSA) is 50.1 Å². The predicted molar refractivity (Wildman–Crippen MR) is 144 cm³/mol. The van der Waals surface area contributed by atoms with Gasteiger partial charge in [-0.05, 0) is 73.3 Å². The van der Waals surface area contributed by atoms with Crippen molar-refractivity contribution in [2.24, 2.45) is 5.92 Å². The standard InChI is InChI=1S/C32H43NO2/c1-4-5-6-7-9-12-26-15-18-29(19-16-26)32(21-10-8-11-22-32)31(34)35-30-20-17-27(14-13-25(2)3)23-28(30)24-33/h15-20,23,25H,4-14,21-22H2,1-3H3. The van der Waals surface area contributed by atoms with E-state index in [9.17, 15) is 10.1 Å². The monoisotopic (exact) mass is 473 g/mol. The molecule has 0 atom stereocenters. The zero-order chi connectivity index (χ0) is 25.1. The average Bonchev–Trinajstić information content (AvgIpc) is 2.88. The molecule has 0 amide bonds. The first-order valence-electron chi connectivity index (χ1n) is 13.8. The molecule has 188 valence electrons. The zero-order valence-electron chi connectivity index (χ0n) is 22.1. The van der Waals surface area contributed by atoms with Gasteiger partial charge in [0.05, 0.1) is 11.0 Å². The summed E-state index contributed by atoms with van der Waals surface area (Å²) in [5, 5.41) is 9.73. The molecule has 0 aliphatic heterocycles. The van der Waals surface area contributed by atoms with E-state index in [2.05, 4.69) is 51.1 Å². The molecule has 1 fully saturated rings. The Morgan fingerprint density at radius 2 is 1.63 bits per heavy atom. The van der Waals surface area contributed by atoms with Crippen molar-refractivity contribution in [3.05, 3.63) is 64.7 Å².